The average molecular weight is 252 g/mol. The largest absolute Gasteiger partial charge is 0.365 e. The maximum absolute atomic E-state index is 11.9. The third-order valence-corrected chi connectivity index (χ3v) is 3.47. The van der Waals surface area contributed by atoms with Crippen molar-refractivity contribution < 1.29 is 9.53 Å². The quantitative estimate of drug-likeness (QED) is 0.839. The van der Waals surface area contributed by atoms with Crippen LogP contribution in [0.3, 0.4) is 0 Å². The van der Waals surface area contributed by atoms with Gasteiger partial charge in [-0.25, -0.2) is 4.98 Å². The summed E-state index contributed by atoms with van der Waals surface area (Å²) in [5, 5.41) is 2.79. The number of anilines is 1. The van der Waals surface area contributed by atoms with Crippen LogP contribution in [0.25, 0.3) is 0 Å². The summed E-state index contributed by atoms with van der Waals surface area (Å²) in [6, 6.07) is 3.77. The number of carbonyl (C=O) groups excluding carboxylic acids is 1. The highest BCUT2D eigenvalue weighted by atomic mass is 32.2. The number of hydrogen-bond acceptors (Lipinski definition) is 4. The summed E-state index contributed by atoms with van der Waals surface area (Å²) in [6.07, 6.45) is 5.26. The van der Waals surface area contributed by atoms with E-state index in [0.717, 1.165) is 17.7 Å². The van der Waals surface area contributed by atoms with Gasteiger partial charge in [0.05, 0.1) is 6.10 Å². The van der Waals surface area contributed by atoms with Gasteiger partial charge in [0.25, 0.3) is 5.91 Å². The highest BCUT2D eigenvalue weighted by Gasteiger charge is 2.28. The Morgan fingerprint density at radius 3 is 3.06 bits per heavy atom. The molecule has 17 heavy (non-hydrogen) atoms. The number of pyridine rings is 1. The molecular formula is C12H16N2O2S. The molecule has 2 heterocycles. The molecule has 1 amide bonds. The van der Waals surface area contributed by atoms with Crippen molar-refractivity contribution >= 4 is 23.5 Å². The van der Waals surface area contributed by atoms with Crippen molar-refractivity contribution in [1.82, 2.24) is 4.98 Å². The first kappa shape index (κ1) is 12.4. The van der Waals surface area contributed by atoms with Gasteiger partial charge in [0.15, 0.2) is 0 Å². The van der Waals surface area contributed by atoms with Crippen molar-refractivity contribution in [1.29, 1.82) is 0 Å². The van der Waals surface area contributed by atoms with Crippen LogP contribution in [0.1, 0.15) is 19.8 Å². The molecule has 1 aliphatic rings. The molecule has 1 aliphatic heterocycles. The molecule has 2 atom stereocenters. The first-order chi connectivity index (χ1) is 8.19. The van der Waals surface area contributed by atoms with Gasteiger partial charge in [-0.1, -0.05) is 0 Å². The molecule has 1 saturated heterocycles. The lowest BCUT2D eigenvalue weighted by Gasteiger charge is -2.11. The summed E-state index contributed by atoms with van der Waals surface area (Å²) in [6.45, 7) is 1.99. The van der Waals surface area contributed by atoms with E-state index in [1.165, 1.54) is 0 Å². The van der Waals surface area contributed by atoms with Crippen molar-refractivity contribution in [2.75, 3.05) is 11.6 Å². The second kappa shape index (κ2) is 5.51. The molecule has 0 radical (unpaired) electrons. The Kier molecular flexibility index (Phi) is 4.02. The molecule has 2 rings (SSSR count). The lowest BCUT2D eigenvalue weighted by atomic mass is 10.2. The van der Waals surface area contributed by atoms with E-state index in [1.54, 1.807) is 18.0 Å². The fraction of sp³-hybridized carbons (Fsp3) is 0.500. The smallest absolute Gasteiger partial charge is 0.254 e. The van der Waals surface area contributed by atoms with Gasteiger partial charge in [0.2, 0.25) is 0 Å². The Morgan fingerprint density at radius 2 is 2.41 bits per heavy atom. The molecule has 92 valence electrons. The van der Waals surface area contributed by atoms with Crippen LogP contribution in [0.5, 0.6) is 0 Å². The molecule has 1 aromatic rings. The van der Waals surface area contributed by atoms with Gasteiger partial charge < -0.3 is 10.1 Å². The second-order valence-electron chi connectivity index (χ2n) is 4.08. The third kappa shape index (κ3) is 3.20. The van der Waals surface area contributed by atoms with Crippen LogP contribution in [0, 0.1) is 0 Å². The summed E-state index contributed by atoms with van der Waals surface area (Å²) in [7, 11) is 0. The Labute approximate surface area is 105 Å². The molecule has 1 aromatic heterocycles. The van der Waals surface area contributed by atoms with E-state index in [1.807, 2.05) is 25.3 Å². The number of ether oxygens (including phenoxy) is 1. The molecule has 0 saturated carbocycles. The van der Waals surface area contributed by atoms with Crippen LogP contribution >= 0.6 is 11.8 Å². The minimum absolute atomic E-state index is 0.0971. The molecule has 0 spiro atoms. The fourth-order valence-electron chi connectivity index (χ4n) is 1.81. The molecule has 0 aliphatic carbocycles. The molecule has 2 unspecified atom stereocenters. The minimum atomic E-state index is -0.329. The van der Waals surface area contributed by atoms with E-state index in [2.05, 4.69) is 10.3 Å². The minimum Gasteiger partial charge on any atom is -0.365 e. The predicted molar refractivity (Wildman–Crippen MR) is 68.2 cm³/mol. The average Bonchev–Trinajstić information content (AvgIpc) is 2.76. The zero-order chi connectivity index (χ0) is 12.3. The maximum atomic E-state index is 11.9. The lowest BCUT2D eigenvalue weighted by molar-refractivity contribution is -0.126. The van der Waals surface area contributed by atoms with Crippen LogP contribution in [0.4, 0.5) is 5.82 Å². The zero-order valence-electron chi connectivity index (χ0n) is 9.97. The van der Waals surface area contributed by atoms with Crippen LogP contribution in [0.2, 0.25) is 0 Å². The van der Waals surface area contributed by atoms with E-state index in [0.29, 0.717) is 5.82 Å². The Balaban J connectivity index is 1.98. The topological polar surface area (TPSA) is 51.2 Å². The van der Waals surface area contributed by atoms with Crippen molar-refractivity contribution in [3.05, 3.63) is 18.3 Å². The summed E-state index contributed by atoms with van der Waals surface area (Å²) >= 11 is 1.62. The van der Waals surface area contributed by atoms with E-state index in [-0.39, 0.29) is 18.1 Å². The first-order valence-corrected chi connectivity index (χ1v) is 6.88. The standard InChI is InChI=1S/C12H16N2O2S/c1-8-3-4-10(16-8)12(15)14-11-7-9(17-2)5-6-13-11/h5-8,10H,3-4H2,1-2H3,(H,13,14,15). The number of carbonyl (C=O) groups is 1. The predicted octanol–water partition coefficient (Wildman–Crippen LogP) is 2.31. The van der Waals surface area contributed by atoms with Crippen molar-refractivity contribution in [2.45, 2.75) is 36.9 Å². The summed E-state index contributed by atoms with van der Waals surface area (Å²) in [5.41, 5.74) is 0. The fourth-order valence-corrected chi connectivity index (χ4v) is 2.24. The highest BCUT2D eigenvalue weighted by molar-refractivity contribution is 7.98. The molecule has 1 N–H and O–H groups in total. The second-order valence-corrected chi connectivity index (χ2v) is 4.96. The van der Waals surface area contributed by atoms with Gasteiger partial charge in [0, 0.05) is 11.1 Å². The number of aromatic nitrogens is 1. The number of hydrogen-bond donors (Lipinski definition) is 1. The zero-order valence-corrected chi connectivity index (χ0v) is 10.8. The number of amides is 1. The molecule has 0 bridgehead atoms. The molecule has 0 aromatic carbocycles. The van der Waals surface area contributed by atoms with E-state index < -0.39 is 0 Å². The number of rotatable bonds is 3. The van der Waals surface area contributed by atoms with E-state index >= 15 is 0 Å². The monoisotopic (exact) mass is 252 g/mol. The van der Waals surface area contributed by atoms with Crippen LogP contribution in [0.15, 0.2) is 23.2 Å². The van der Waals surface area contributed by atoms with Gasteiger partial charge in [-0.15, -0.1) is 11.8 Å². The Morgan fingerprint density at radius 1 is 1.59 bits per heavy atom. The number of nitrogens with zero attached hydrogens (tertiary/aromatic N) is 1. The first-order valence-electron chi connectivity index (χ1n) is 5.65. The van der Waals surface area contributed by atoms with E-state index in [9.17, 15) is 4.79 Å². The van der Waals surface area contributed by atoms with Crippen LogP contribution in [-0.4, -0.2) is 29.4 Å². The Bertz CT molecular complexity index is 411. The number of thioether (sulfide) groups is 1. The summed E-state index contributed by atoms with van der Waals surface area (Å²) < 4.78 is 5.51. The third-order valence-electron chi connectivity index (χ3n) is 2.74. The number of nitrogens with one attached hydrogen (secondary N) is 1. The van der Waals surface area contributed by atoms with Crippen LogP contribution < -0.4 is 5.32 Å². The SMILES string of the molecule is CSc1ccnc(NC(=O)C2CCC(C)O2)c1. The summed E-state index contributed by atoms with van der Waals surface area (Å²) in [4.78, 5) is 17.1. The van der Waals surface area contributed by atoms with Crippen LogP contribution in [-0.2, 0) is 9.53 Å². The van der Waals surface area contributed by atoms with Gasteiger partial charge in [0.1, 0.15) is 11.9 Å². The van der Waals surface area contributed by atoms with Crippen molar-refractivity contribution in [3.8, 4) is 0 Å². The highest BCUT2D eigenvalue weighted by Crippen LogP contribution is 2.21. The Hall–Kier alpha value is -1.07. The van der Waals surface area contributed by atoms with Gasteiger partial charge in [-0.3, -0.25) is 4.79 Å². The van der Waals surface area contributed by atoms with E-state index in [4.69, 9.17) is 4.74 Å². The molecular weight excluding hydrogens is 236 g/mol. The van der Waals surface area contributed by atoms with Crippen molar-refractivity contribution in [2.24, 2.45) is 0 Å². The lowest BCUT2D eigenvalue weighted by Crippen LogP contribution is -2.28. The molecule has 5 heteroatoms. The van der Waals surface area contributed by atoms with Crippen molar-refractivity contribution in [3.63, 3.8) is 0 Å². The summed E-state index contributed by atoms with van der Waals surface area (Å²) in [5.74, 6) is 0.491. The van der Waals surface area contributed by atoms with Gasteiger partial charge >= 0.3 is 0 Å². The van der Waals surface area contributed by atoms with Gasteiger partial charge in [-0.2, -0.15) is 0 Å². The molecule has 4 nitrogen and oxygen atoms in total. The normalized spacial score (nSPS) is 23.6. The maximum Gasteiger partial charge on any atom is 0.254 e. The van der Waals surface area contributed by atoms with Gasteiger partial charge in [-0.05, 0) is 38.2 Å². The molecule has 1 fully saturated rings.